The third kappa shape index (κ3) is 4.24. The van der Waals surface area contributed by atoms with E-state index in [1.165, 1.54) is 6.07 Å². The van der Waals surface area contributed by atoms with Crippen molar-refractivity contribution in [1.82, 2.24) is 5.32 Å². The zero-order chi connectivity index (χ0) is 15.4. The second kappa shape index (κ2) is 6.65. The molecule has 0 aromatic heterocycles. The van der Waals surface area contributed by atoms with Crippen molar-refractivity contribution in [2.24, 2.45) is 5.92 Å². The summed E-state index contributed by atoms with van der Waals surface area (Å²) >= 11 is 0. The Labute approximate surface area is 121 Å². The van der Waals surface area contributed by atoms with E-state index in [9.17, 15) is 18.4 Å². The molecular weight excluding hydrogens is 280 g/mol. The van der Waals surface area contributed by atoms with Gasteiger partial charge in [0.1, 0.15) is 0 Å². The highest BCUT2D eigenvalue weighted by Crippen LogP contribution is 2.27. The maximum absolute atomic E-state index is 13.0. The van der Waals surface area contributed by atoms with Crippen LogP contribution in [0.3, 0.4) is 0 Å². The van der Waals surface area contributed by atoms with Crippen LogP contribution in [-0.2, 0) is 16.0 Å². The summed E-state index contributed by atoms with van der Waals surface area (Å²) in [5, 5.41) is 11.5. The van der Waals surface area contributed by atoms with Crippen molar-refractivity contribution in [3.05, 3.63) is 35.4 Å². The fraction of sp³-hybridized carbons (Fsp3) is 0.467. The number of carbonyl (C=O) groups is 2. The first-order valence-corrected chi connectivity index (χ1v) is 6.92. The minimum Gasteiger partial charge on any atom is -0.481 e. The molecule has 1 aliphatic carbocycles. The summed E-state index contributed by atoms with van der Waals surface area (Å²) in [4.78, 5) is 22.3. The van der Waals surface area contributed by atoms with E-state index in [1.54, 1.807) is 0 Å². The third-order valence-electron chi connectivity index (χ3n) is 3.71. The number of aliphatic carboxylic acids is 1. The van der Waals surface area contributed by atoms with Gasteiger partial charge in [0, 0.05) is 12.5 Å². The van der Waals surface area contributed by atoms with Crippen molar-refractivity contribution in [3.63, 3.8) is 0 Å². The first kappa shape index (κ1) is 15.4. The van der Waals surface area contributed by atoms with Crippen LogP contribution < -0.4 is 5.32 Å². The molecule has 0 radical (unpaired) electrons. The van der Waals surface area contributed by atoms with Crippen LogP contribution in [0.4, 0.5) is 8.78 Å². The zero-order valence-electron chi connectivity index (χ0n) is 11.4. The summed E-state index contributed by atoms with van der Waals surface area (Å²) in [6.07, 6.45) is 2.26. The van der Waals surface area contributed by atoms with Gasteiger partial charge < -0.3 is 10.4 Å². The fourth-order valence-corrected chi connectivity index (χ4v) is 2.39. The molecule has 2 N–H and O–H groups in total. The molecular formula is C15H17F2NO3. The number of hydrogen-bond donors (Lipinski definition) is 2. The number of halogens is 2. The van der Waals surface area contributed by atoms with Crippen molar-refractivity contribution < 1.29 is 23.5 Å². The second-order valence-corrected chi connectivity index (χ2v) is 5.37. The minimum absolute atomic E-state index is 0.0538. The van der Waals surface area contributed by atoms with Crippen LogP contribution in [-0.4, -0.2) is 23.0 Å². The molecule has 0 heterocycles. The first-order chi connectivity index (χ1) is 9.95. The summed E-state index contributed by atoms with van der Waals surface area (Å²) in [6, 6.07) is 3.66. The molecule has 6 heteroatoms. The fourth-order valence-electron chi connectivity index (χ4n) is 2.39. The lowest BCUT2D eigenvalue weighted by molar-refractivity contribution is -0.146. The Morgan fingerprint density at radius 3 is 2.57 bits per heavy atom. The summed E-state index contributed by atoms with van der Waals surface area (Å²) in [7, 11) is 0. The molecule has 114 valence electrons. The van der Waals surface area contributed by atoms with Gasteiger partial charge in [0.25, 0.3) is 0 Å². The number of benzene rings is 1. The topological polar surface area (TPSA) is 66.4 Å². The molecule has 1 saturated carbocycles. The van der Waals surface area contributed by atoms with E-state index < -0.39 is 17.6 Å². The van der Waals surface area contributed by atoms with Crippen LogP contribution in [0.15, 0.2) is 18.2 Å². The van der Waals surface area contributed by atoms with E-state index in [0.717, 1.165) is 12.1 Å². The van der Waals surface area contributed by atoms with Gasteiger partial charge in [0.05, 0.1) is 5.92 Å². The van der Waals surface area contributed by atoms with Crippen molar-refractivity contribution in [2.45, 2.75) is 38.1 Å². The van der Waals surface area contributed by atoms with Gasteiger partial charge in [-0.2, -0.15) is 0 Å². The average molecular weight is 297 g/mol. The number of rotatable bonds is 6. The van der Waals surface area contributed by atoms with Crippen molar-refractivity contribution in [3.8, 4) is 0 Å². The van der Waals surface area contributed by atoms with Crippen LogP contribution in [0.1, 0.15) is 31.2 Å². The summed E-state index contributed by atoms with van der Waals surface area (Å²) in [5.41, 5.74) is 0.649. The summed E-state index contributed by atoms with van der Waals surface area (Å²) < 4.78 is 25.7. The predicted octanol–water partition coefficient (Wildman–Crippen LogP) is 2.27. The van der Waals surface area contributed by atoms with Crippen LogP contribution >= 0.6 is 0 Å². The molecule has 0 bridgehead atoms. The molecule has 1 amide bonds. The Hall–Kier alpha value is -1.98. The standard InChI is InChI=1S/C15H17F2NO3/c16-12-5-4-9(6-13(12)17)2-1-3-14(19)18-11-7-10(8-11)15(20)21/h4-6,10-11H,1-3,7-8H2,(H,18,19)(H,20,21). The zero-order valence-corrected chi connectivity index (χ0v) is 11.4. The molecule has 0 spiro atoms. The van der Waals surface area contributed by atoms with Gasteiger partial charge in [-0.15, -0.1) is 0 Å². The molecule has 1 aromatic rings. The summed E-state index contributed by atoms with van der Waals surface area (Å²) in [6.45, 7) is 0. The molecule has 1 fully saturated rings. The van der Waals surface area contributed by atoms with Gasteiger partial charge in [0.15, 0.2) is 11.6 Å². The van der Waals surface area contributed by atoms with Crippen molar-refractivity contribution >= 4 is 11.9 Å². The van der Waals surface area contributed by atoms with Crippen molar-refractivity contribution in [2.75, 3.05) is 0 Å². The van der Waals surface area contributed by atoms with Gasteiger partial charge in [-0.3, -0.25) is 9.59 Å². The quantitative estimate of drug-likeness (QED) is 0.846. The number of nitrogens with one attached hydrogen (secondary N) is 1. The van der Waals surface area contributed by atoms with E-state index in [2.05, 4.69) is 5.32 Å². The Balaban J connectivity index is 1.65. The third-order valence-corrected chi connectivity index (χ3v) is 3.71. The maximum atomic E-state index is 13.0. The summed E-state index contributed by atoms with van der Waals surface area (Å²) in [5.74, 6) is -3.07. The normalized spacial score (nSPS) is 20.7. The monoisotopic (exact) mass is 297 g/mol. The lowest BCUT2D eigenvalue weighted by Gasteiger charge is -2.32. The lowest BCUT2D eigenvalue weighted by atomic mass is 9.80. The van der Waals surface area contributed by atoms with Crippen LogP contribution in [0.25, 0.3) is 0 Å². The number of carbonyl (C=O) groups excluding carboxylic acids is 1. The van der Waals surface area contributed by atoms with Crippen molar-refractivity contribution in [1.29, 1.82) is 0 Å². The number of carboxylic acids is 1. The van der Waals surface area contributed by atoms with E-state index in [0.29, 0.717) is 31.2 Å². The number of aryl methyl sites for hydroxylation is 1. The molecule has 0 atom stereocenters. The Bertz CT molecular complexity index is 542. The number of hydrogen-bond acceptors (Lipinski definition) is 2. The largest absolute Gasteiger partial charge is 0.481 e. The predicted molar refractivity (Wildman–Crippen MR) is 71.6 cm³/mol. The van der Waals surface area contributed by atoms with Gasteiger partial charge in [-0.05, 0) is 43.4 Å². The highest BCUT2D eigenvalue weighted by atomic mass is 19.2. The van der Waals surface area contributed by atoms with Gasteiger partial charge in [-0.1, -0.05) is 6.07 Å². The van der Waals surface area contributed by atoms with Crippen LogP contribution in [0.5, 0.6) is 0 Å². The number of carboxylic acid groups (broad SMARTS) is 1. The van der Waals surface area contributed by atoms with Gasteiger partial charge >= 0.3 is 5.97 Å². The van der Waals surface area contributed by atoms with Crippen LogP contribution in [0, 0.1) is 17.6 Å². The minimum atomic E-state index is -0.883. The van der Waals surface area contributed by atoms with Gasteiger partial charge in [-0.25, -0.2) is 8.78 Å². The molecule has 2 rings (SSSR count). The highest BCUT2D eigenvalue weighted by Gasteiger charge is 2.34. The lowest BCUT2D eigenvalue weighted by Crippen LogP contribution is -2.46. The van der Waals surface area contributed by atoms with E-state index in [1.807, 2.05) is 0 Å². The Kier molecular flexibility index (Phi) is 4.88. The molecule has 21 heavy (non-hydrogen) atoms. The molecule has 0 saturated heterocycles. The van der Waals surface area contributed by atoms with E-state index in [-0.39, 0.29) is 24.3 Å². The first-order valence-electron chi connectivity index (χ1n) is 6.92. The highest BCUT2D eigenvalue weighted by molar-refractivity contribution is 5.77. The molecule has 4 nitrogen and oxygen atoms in total. The van der Waals surface area contributed by atoms with E-state index in [4.69, 9.17) is 5.11 Å². The smallest absolute Gasteiger partial charge is 0.306 e. The van der Waals surface area contributed by atoms with Crippen LogP contribution in [0.2, 0.25) is 0 Å². The SMILES string of the molecule is O=C(CCCc1ccc(F)c(F)c1)NC1CC(C(=O)O)C1. The average Bonchev–Trinajstić information content (AvgIpc) is 2.37. The maximum Gasteiger partial charge on any atom is 0.306 e. The van der Waals surface area contributed by atoms with Gasteiger partial charge in [0.2, 0.25) is 5.91 Å². The molecule has 1 aliphatic rings. The van der Waals surface area contributed by atoms with E-state index >= 15 is 0 Å². The second-order valence-electron chi connectivity index (χ2n) is 5.37. The molecule has 1 aromatic carbocycles. The number of amides is 1. The Morgan fingerprint density at radius 2 is 1.95 bits per heavy atom. The Morgan fingerprint density at radius 1 is 1.24 bits per heavy atom. The molecule has 0 aliphatic heterocycles. The molecule has 0 unspecified atom stereocenters.